The predicted molar refractivity (Wildman–Crippen MR) is 96.7 cm³/mol. The van der Waals surface area contributed by atoms with Gasteiger partial charge in [0.1, 0.15) is 11.4 Å². The van der Waals surface area contributed by atoms with Crippen molar-refractivity contribution in [3.05, 3.63) is 77.9 Å². The standard InChI is InChI=1S/C21H19NO3/c23-20(17-9-5-7-15-6-1-2-8-16(15)17)22-14-21(24)12-13-25-19-11-4-3-10-18(19)21/h1-11,24H,12-14H2,(H,22,23)/t21-/m0/s1. The van der Waals surface area contributed by atoms with Crippen molar-refractivity contribution in [3.8, 4) is 5.75 Å². The van der Waals surface area contributed by atoms with Crippen LogP contribution in [0.25, 0.3) is 10.8 Å². The van der Waals surface area contributed by atoms with Crippen molar-refractivity contribution in [2.45, 2.75) is 12.0 Å². The molecule has 4 heteroatoms. The van der Waals surface area contributed by atoms with Gasteiger partial charge in [-0.2, -0.15) is 0 Å². The van der Waals surface area contributed by atoms with E-state index in [0.717, 1.165) is 16.3 Å². The van der Waals surface area contributed by atoms with E-state index >= 15 is 0 Å². The SMILES string of the molecule is O=C(NC[C@@]1(O)CCOc2ccccc21)c1cccc2ccccc12. The van der Waals surface area contributed by atoms with Gasteiger partial charge in [0.15, 0.2) is 0 Å². The summed E-state index contributed by atoms with van der Waals surface area (Å²) in [5.41, 5.74) is 0.219. The third-order valence-corrected chi connectivity index (χ3v) is 4.74. The number of hydrogen-bond acceptors (Lipinski definition) is 3. The van der Waals surface area contributed by atoms with Gasteiger partial charge in [0.05, 0.1) is 13.2 Å². The van der Waals surface area contributed by atoms with Crippen molar-refractivity contribution in [2.24, 2.45) is 0 Å². The number of fused-ring (bicyclic) bond motifs is 2. The summed E-state index contributed by atoms with van der Waals surface area (Å²) in [5.74, 6) is 0.491. The number of nitrogens with one attached hydrogen (secondary N) is 1. The van der Waals surface area contributed by atoms with E-state index in [2.05, 4.69) is 5.32 Å². The van der Waals surface area contributed by atoms with Gasteiger partial charge < -0.3 is 15.2 Å². The molecule has 0 unspecified atom stereocenters. The molecular formula is C21H19NO3. The minimum Gasteiger partial charge on any atom is -0.493 e. The normalized spacial score (nSPS) is 19.1. The van der Waals surface area contributed by atoms with Gasteiger partial charge in [-0.25, -0.2) is 0 Å². The molecule has 3 aromatic carbocycles. The Kier molecular flexibility index (Phi) is 3.90. The number of para-hydroxylation sites is 1. The highest BCUT2D eigenvalue weighted by Gasteiger charge is 2.35. The summed E-state index contributed by atoms with van der Waals surface area (Å²) in [5, 5.41) is 15.9. The zero-order valence-electron chi connectivity index (χ0n) is 13.7. The molecule has 0 bridgehead atoms. The van der Waals surface area contributed by atoms with Crippen LogP contribution in [-0.2, 0) is 5.60 Å². The molecule has 2 N–H and O–H groups in total. The van der Waals surface area contributed by atoms with E-state index in [0.29, 0.717) is 24.3 Å². The predicted octanol–water partition coefficient (Wildman–Crippen LogP) is 3.24. The second kappa shape index (κ2) is 6.22. The van der Waals surface area contributed by atoms with Gasteiger partial charge in [0.2, 0.25) is 0 Å². The summed E-state index contributed by atoms with van der Waals surface area (Å²) >= 11 is 0. The Morgan fingerprint density at radius 1 is 1.04 bits per heavy atom. The molecular weight excluding hydrogens is 314 g/mol. The molecule has 0 radical (unpaired) electrons. The van der Waals surface area contributed by atoms with Crippen LogP contribution in [0.1, 0.15) is 22.3 Å². The Hall–Kier alpha value is -2.85. The maximum Gasteiger partial charge on any atom is 0.252 e. The van der Waals surface area contributed by atoms with Crippen LogP contribution < -0.4 is 10.1 Å². The van der Waals surface area contributed by atoms with Crippen LogP contribution >= 0.6 is 0 Å². The Morgan fingerprint density at radius 3 is 2.72 bits per heavy atom. The molecule has 0 aliphatic carbocycles. The van der Waals surface area contributed by atoms with Gasteiger partial charge in [-0.1, -0.05) is 54.6 Å². The molecule has 25 heavy (non-hydrogen) atoms. The Labute approximate surface area is 146 Å². The summed E-state index contributed by atoms with van der Waals surface area (Å²) in [6.45, 7) is 0.576. The minimum atomic E-state index is -1.12. The number of carbonyl (C=O) groups is 1. The minimum absolute atomic E-state index is 0.148. The lowest BCUT2D eigenvalue weighted by atomic mass is 9.88. The lowest BCUT2D eigenvalue weighted by Crippen LogP contribution is -2.43. The molecule has 1 amide bonds. The first-order valence-electron chi connectivity index (χ1n) is 8.38. The van der Waals surface area contributed by atoms with Gasteiger partial charge in [0, 0.05) is 17.5 Å². The van der Waals surface area contributed by atoms with Gasteiger partial charge in [-0.15, -0.1) is 0 Å². The number of hydrogen-bond donors (Lipinski definition) is 2. The molecule has 1 aliphatic heterocycles. The highest BCUT2D eigenvalue weighted by Crippen LogP contribution is 2.36. The maximum atomic E-state index is 12.7. The lowest BCUT2D eigenvalue weighted by Gasteiger charge is -2.34. The average Bonchev–Trinajstić information content (AvgIpc) is 2.66. The summed E-state index contributed by atoms with van der Waals surface area (Å²) in [6.07, 6.45) is 0.444. The number of aliphatic hydroxyl groups is 1. The van der Waals surface area contributed by atoms with Crippen molar-refractivity contribution in [3.63, 3.8) is 0 Å². The number of ether oxygens (including phenoxy) is 1. The monoisotopic (exact) mass is 333 g/mol. The van der Waals surface area contributed by atoms with E-state index in [1.54, 1.807) is 6.07 Å². The van der Waals surface area contributed by atoms with Gasteiger partial charge >= 0.3 is 0 Å². The maximum absolute atomic E-state index is 12.7. The lowest BCUT2D eigenvalue weighted by molar-refractivity contribution is -0.00159. The topological polar surface area (TPSA) is 58.6 Å². The first kappa shape index (κ1) is 15.7. The number of carbonyl (C=O) groups excluding carboxylic acids is 1. The summed E-state index contributed by atoms with van der Waals surface area (Å²) in [7, 11) is 0. The Bertz CT molecular complexity index is 932. The van der Waals surface area contributed by atoms with Crippen molar-refractivity contribution in [1.29, 1.82) is 0 Å². The molecule has 0 aromatic heterocycles. The molecule has 1 heterocycles. The molecule has 3 aromatic rings. The Balaban J connectivity index is 1.58. The van der Waals surface area contributed by atoms with Crippen molar-refractivity contribution < 1.29 is 14.6 Å². The quantitative estimate of drug-likeness (QED) is 0.774. The van der Waals surface area contributed by atoms with Gasteiger partial charge in [-0.05, 0) is 22.9 Å². The van der Waals surface area contributed by atoms with Crippen molar-refractivity contribution in [2.75, 3.05) is 13.2 Å². The number of amides is 1. The van der Waals surface area contributed by atoms with Crippen molar-refractivity contribution in [1.82, 2.24) is 5.32 Å². The second-order valence-electron chi connectivity index (χ2n) is 6.34. The fraction of sp³-hybridized carbons (Fsp3) is 0.190. The molecule has 0 spiro atoms. The molecule has 1 aliphatic rings. The zero-order valence-corrected chi connectivity index (χ0v) is 13.7. The first-order valence-corrected chi connectivity index (χ1v) is 8.38. The fourth-order valence-electron chi connectivity index (χ4n) is 3.37. The molecule has 1 atom stereocenters. The van der Waals surface area contributed by atoms with Crippen LogP contribution in [0.3, 0.4) is 0 Å². The molecule has 0 fully saturated rings. The second-order valence-corrected chi connectivity index (χ2v) is 6.34. The summed E-state index contributed by atoms with van der Waals surface area (Å²) in [4.78, 5) is 12.7. The van der Waals surface area contributed by atoms with Gasteiger partial charge in [-0.3, -0.25) is 4.79 Å². The zero-order chi connectivity index (χ0) is 17.3. The summed E-state index contributed by atoms with van der Waals surface area (Å²) < 4.78 is 5.60. The highest BCUT2D eigenvalue weighted by atomic mass is 16.5. The van der Waals surface area contributed by atoms with E-state index in [1.165, 1.54) is 0 Å². The Morgan fingerprint density at radius 2 is 1.80 bits per heavy atom. The smallest absolute Gasteiger partial charge is 0.252 e. The first-order chi connectivity index (χ1) is 12.2. The van der Waals surface area contributed by atoms with Crippen LogP contribution in [-0.4, -0.2) is 24.2 Å². The van der Waals surface area contributed by atoms with E-state index in [1.807, 2.05) is 60.7 Å². The molecule has 4 nitrogen and oxygen atoms in total. The molecule has 0 saturated carbocycles. The van der Waals surface area contributed by atoms with Gasteiger partial charge in [0.25, 0.3) is 5.91 Å². The van der Waals surface area contributed by atoms with E-state index in [4.69, 9.17) is 4.74 Å². The molecule has 126 valence electrons. The van der Waals surface area contributed by atoms with Crippen LogP contribution in [0.4, 0.5) is 0 Å². The molecule has 0 saturated heterocycles. The van der Waals surface area contributed by atoms with Crippen molar-refractivity contribution >= 4 is 16.7 Å². The number of benzene rings is 3. The van der Waals surface area contributed by atoms with Crippen LogP contribution in [0.5, 0.6) is 5.75 Å². The van der Waals surface area contributed by atoms with Crippen LogP contribution in [0.15, 0.2) is 66.7 Å². The van der Waals surface area contributed by atoms with Crippen LogP contribution in [0.2, 0.25) is 0 Å². The number of rotatable bonds is 3. The summed E-state index contributed by atoms with van der Waals surface area (Å²) in [6, 6.07) is 20.9. The van der Waals surface area contributed by atoms with E-state index < -0.39 is 5.60 Å². The molecule has 4 rings (SSSR count). The third-order valence-electron chi connectivity index (χ3n) is 4.74. The third kappa shape index (κ3) is 2.85. The largest absolute Gasteiger partial charge is 0.493 e. The van der Waals surface area contributed by atoms with E-state index in [9.17, 15) is 9.90 Å². The van der Waals surface area contributed by atoms with E-state index in [-0.39, 0.29) is 12.5 Å². The fourth-order valence-corrected chi connectivity index (χ4v) is 3.37. The van der Waals surface area contributed by atoms with Crippen LogP contribution in [0, 0.1) is 0 Å². The average molecular weight is 333 g/mol. The highest BCUT2D eigenvalue weighted by molar-refractivity contribution is 6.07.